The van der Waals surface area contributed by atoms with E-state index >= 15 is 0 Å². The van der Waals surface area contributed by atoms with E-state index in [2.05, 4.69) is 57.1 Å². The predicted octanol–water partition coefficient (Wildman–Crippen LogP) is 4.71. The van der Waals surface area contributed by atoms with E-state index < -0.39 is 0 Å². The third-order valence-corrected chi connectivity index (χ3v) is 4.52. The van der Waals surface area contributed by atoms with Crippen LogP contribution in [-0.4, -0.2) is 16.2 Å². The Bertz CT molecular complexity index is 988. The van der Waals surface area contributed by atoms with Gasteiger partial charge in [-0.25, -0.2) is 9.97 Å². The number of aryl methyl sites for hydroxylation is 1. The zero-order valence-electron chi connectivity index (χ0n) is 12.9. The Morgan fingerprint density at radius 1 is 1.17 bits per heavy atom. The third kappa shape index (κ3) is 2.79. The van der Waals surface area contributed by atoms with Gasteiger partial charge in [0, 0.05) is 10.9 Å². The molecule has 0 aliphatic rings. The minimum Gasteiger partial charge on any atom is -0.463 e. The van der Waals surface area contributed by atoms with Gasteiger partial charge in [0.15, 0.2) is 5.82 Å². The highest BCUT2D eigenvalue weighted by Gasteiger charge is 2.12. The van der Waals surface area contributed by atoms with Crippen molar-refractivity contribution in [3.8, 4) is 11.1 Å². The van der Waals surface area contributed by atoms with Gasteiger partial charge in [-0.1, -0.05) is 29.8 Å². The van der Waals surface area contributed by atoms with Crippen LogP contribution in [0.4, 0.5) is 5.82 Å². The average Bonchev–Trinajstić information content (AvgIpc) is 3.25. The van der Waals surface area contributed by atoms with Crippen molar-refractivity contribution >= 4 is 33.6 Å². The van der Waals surface area contributed by atoms with E-state index in [0.29, 0.717) is 11.6 Å². The number of fused-ring (bicyclic) bond motifs is 1. The van der Waals surface area contributed by atoms with Crippen molar-refractivity contribution in [2.24, 2.45) is 5.10 Å². The summed E-state index contributed by atoms with van der Waals surface area (Å²) in [5, 5.41) is 7.29. The Kier molecular flexibility index (Phi) is 3.80. The van der Waals surface area contributed by atoms with Gasteiger partial charge in [0.1, 0.15) is 16.9 Å². The molecule has 0 aliphatic carbocycles. The van der Waals surface area contributed by atoms with E-state index in [1.165, 1.54) is 5.56 Å². The first-order valence-corrected chi connectivity index (χ1v) is 8.31. The third-order valence-electron chi connectivity index (χ3n) is 3.64. The van der Waals surface area contributed by atoms with E-state index in [-0.39, 0.29) is 0 Å². The largest absolute Gasteiger partial charge is 0.463 e. The van der Waals surface area contributed by atoms with Crippen LogP contribution in [0.15, 0.2) is 63.9 Å². The van der Waals surface area contributed by atoms with Crippen molar-refractivity contribution in [1.82, 2.24) is 9.97 Å². The molecular formula is C18H14N4OS. The van der Waals surface area contributed by atoms with Crippen LogP contribution in [-0.2, 0) is 0 Å². The summed E-state index contributed by atoms with van der Waals surface area (Å²) in [7, 11) is 0. The minimum absolute atomic E-state index is 0.678. The predicted molar refractivity (Wildman–Crippen MR) is 97.5 cm³/mol. The number of nitrogens with one attached hydrogen (secondary N) is 1. The molecule has 0 unspecified atom stereocenters. The molecule has 5 nitrogen and oxygen atoms in total. The fraction of sp³-hybridized carbons (Fsp3) is 0.0556. The second kappa shape index (κ2) is 6.25. The smallest absolute Gasteiger partial charge is 0.159 e. The summed E-state index contributed by atoms with van der Waals surface area (Å²) < 4.78 is 5.23. The molecular weight excluding hydrogens is 320 g/mol. The summed E-state index contributed by atoms with van der Waals surface area (Å²) in [5.41, 5.74) is 6.47. The molecule has 0 fully saturated rings. The fourth-order valence-electron chi connectivity index (χ4n) is 2.43. The first-order valence-electron chi connectivity index (χ1n) is 7.43. The van der Waals surface area contributed by atoms with E-state index in [0.717, 1.165) is 21.3 Å². The fourth-order valence-corrected chi connectivity index (χ4v) is 3.34. The lowest BCUT2D eigenvalue weighted by atomic mass is 10.0. The van der Waals surface area contributed by atoms with Gasteiger partial charge in [0.25, 0.3) is 0 Å². The number of aromatic nitrogens is 2. The first kappa shape index (κ1) is 14.6. The topological polar surface area (TPSA) is 63.3 Å². The Balaban J connectivity index is 1.73. The maximum absolute atomic E-state index is 5.23. The molecule has 0 spiro atoms. The van der Waals surface area contributed by atoms with E-state index in [9.17, 15) is 0 Å². The molecule has 0 aliphatic heterocycles. The number of hydrazone groups is 1. The molecule has 0 radical (unpaired) electrons. The van der Waals surface area contributed by atoms with E-state index in [1.807, 2.05) is 12.1 Å². The number of hydrogen-bond acceptors (Lipinski definition) is 6. The van der Waals surface area contributed by atoms with Crippen LogP contribution in [0.2, 0.25) is 0 Å². The lowest BCUT2D eigenvalue weighted by Gasteiger charge is -2.05. The van der Waals surface area contributed by atoms with Gasteiger partial charge >= 0.3 is 0 Å². The summed E-state index contributed by atoms with van der Waals surface area (Å²) in [6, 6.07) is 12.1. The van der Waals surface area contributed by atoms with Gasteiger partial charge in [-0.3, -0.25) is 5.43 Å². The van der Waals surface area contributed by atoms with Crippen molar-refractivity contribution in [2.45, 2.75) is 6.92 Å². The standard InChI is InChI=1S/C18H14N4OS/c1-12-4-6-13(7-5-12)15-10-24-18-16(15)17(19-11-20-18)22-21-9-14-3-2-8-23-14/h2-11H,1H3,(H,19,20,22)/b21-9+. The van der Waals surface area contributed by atoms with Crippen molar-refractivity contribution in [3.63, 3.8) is 0 Å². The summed E-state index contributed by atoms with van der Waals surface area (Å²) in [6.07, 6.45) is 4.77. The molecule has 118 valence electrons. The molecule has 1 N–H and O–H groups in total. The Morgan fingerprint density at radius 3 is 2.83 bits per heavy atom. The molecule has 0 amide bonds. The minimum atomic E-state index is 0.678. The Labute approximate surface area is 142 Å². The van der Waals surface area contributed by atoms with Crippen LogP contribution in [0.1, 0.15) is 11.3 Å². The molecule has 0 atom stereocenters. The van der Waals surface area contributed by atoms with E-state index in [1.54, 1.807) is 30.1 Å². The quantitative estimate of drug-likeness (QED) is 0.434. The van der Waals surface area contributed by atoms with Crippen LogP contribution < -0.4 is 5.43 Å². The molecule has 0 saturated heterocycles. The summed E-state index contributed by atoms with van der Waals surface area (Å²) >= 11 is 1.60. The van der Waals surface area contributed by atoms with Gasteiger partial charge < -0.3 is 4.42 Å². The number of thiophene rings is 1. The van der Waals surface area contributed by atoms with Crippen LogP contribution in [0, 0.1) is 6.92 Å². The molecule has 0 bridgehead atoms. The lowest BCUT2D eigenvalue weighted by molar-refractivity contribution is 0.560. The van der Waals surface area contributed by atoms with Gasteiger partial charge in [0.05, 0.1) is 17.9 Å². The van der Waals surface area contributed by atoms with Crippen LogP contribution in [0.5, 0.6) is 0 Å². The first-order chi connectivity index (χ1) is 11.8. The zero-order valence-corrected chi connectivity index (χ0v) is 13.7. The Hall–Kier alpha value is -2.99. The molecule has 1 aromatic carbocycles. The van der Waals surface area contributed by atoms with Crippen LogP contribution in [0.25, 0.3) is 21.3 Å². The highest BCUT2D eigenvalue weighted by molar-refractivity contribution is 7.17. The highest BCUT2D eigenvalue weighted by Crippen LogP contribution is 2.36. The monoisotopic (exact) mass is 334 g/mol. The molecule has 3 heterocycles. The van der Waals surface area contributed by atoms with Gasteiger partial charge in [-0.2, -0.15) is 5.10 Å². The highest BCUT2D eigenvalue weighted by atomic mass is 32.1. The number of benzene rings is 1. The summed E-state index contributed by atoms with van der Waals surface area (Å²) in [4.78, 5) is 9.63. The van der Waals surface area contributed by atoms with Gasteiger partial charge in [-0.05, 0) is 24.6 Å². The molecule has 4 rings (SSSR count). The number of furan rings is 1. The SMILES string of the molecule is Cc1ccc(-c2csc3ncnc(N/N=C/c4ccco4)c23)cc1. The maximum atomic E-state index is 5.23. The van der Waals surface area contributed by atoms with Crippen molar-refractivity contribution in [1.29, 1.82) is 0 Å². The molecule has 4 aromatic rings. The normalized spacial score (nSPS) is 11.4. The van der Waals surface area contributed by atoms with Crippen LogP contribution in [0.3, 0.4) is 0 Å². The summed E-state index contributed by atoms with van der Waals surface area (Å²) in [6.45, 7) is 2.08. The van der Waals surface area contributed by atoms with Gasteiger partial charge in [-0.15, -0.1) is 11.3 Å². The second-order valence-corrected chi connectivity index (χ2v) is 6.16. The van der Waals surface area contributed by atoms with Crippen molar-refractivity contribution in [2.75, 3.05) is 5.43 Å². The molecule has 3 aromatic heterocycles. The molecule has 6 heteroatoms. The van der Waals surface area contributed by atoms with Crippen LogP contribution >= 0.6 is 11.3 Å². The number of anilines is 1. The molecule has 24 heavy (non-hydrogen) atoms. The van der Waals surface area contributed by atoms with Crippen molar-refractivity contribution in [3.05, 3.63) is 65.7 Å². The lowest BCUT2D eigenvalue weighted by Crippen LogP contribution is -1.95. The zero-order chi connectivity index (χ0) is 16.4. The average molecular weight is 334 g/mol. The number of hydrogen-bond donors (Lipinski definition) is 1. The van der Waals surface area contributed by atoms with E-state index in [4.69, 9.17) is 4.42 Å². The maximum Gasteiger partial charge on any atom is 0.159 e. The second-order valence-electron chi connectivity index (χ2n) is 5.30. The van der Waals surface area contributed by atoms with Crippen molar-refractivity contribution < 1.29 is 4.42 Å². The van der Waals surface area contributed by atoms with Gasteiger partial charge in [0.2, 0.25) is 0 Å². The molecule has 0 saturated carbocycles. The number of rotatable bonds is 4. The summed E-state index contributed by atoms with van der Waals surface area (Å²) in [5.74, 6) is 1.36. The Morgan fingerprint density at radius 2 is 2.04 bits per heavy atom. The number of nitrogens with zero attached hydrogens (tertiary/aromatic N) is 3.